The lowest BCUT2D eigenvalue weighted by Crippen LogP contribution is -2.00. The van der Waals surface area contributed by atoms with Crippen molar-refractivity contribution in [1.82, 2.24) is 4.98 Å². The molecule has 0 atom stereocenters. The second kappa shape index (κ2) is 3.80. The van der Waals surface area contributed by atoms with Crippen LogP contribution in [-0.4, -0.2) is 21.8 Å². The number of rotatable bonds is 3. The van der Waals surface area contributed by atoms with E-state index in [1.54, 1.807) is 5.38 Å². The zero-order valence-corrected chi connectivity index (χ0v) is 7.15. The van der Waals surface area contributed by atoms with Crippen LogP contribution in [0.2, 0.25) is 0 Å². The molecule has 0 aliphatic carbocycles. The van der Waals surface area contributed by atoms with E-state index in [2.05, 4.69) is 4.98 Å². The number of hydrogen-bond donors (Lipinski definition) is 1. The summed E-state index contributed by atoms with van der Waals surface area (Å²) >= 11 is 6.54. The van der Waals surface area contributed by atoms with E-state index in [-0.39, 0.29) is 18.3 Å². The van der Waals surface area contributed by atoms with Gasteiger partial charge in [0.25, 0.3) is 0 Å². The quantitative estimate of drug-likeness (QED) is 0.574. The first-order chi connectivity index (χ1) is 5.27. The standard InChI is InChI=1S/C6H6ClNO2S/c7-1-5(10)4-3-11-6(2-9)8-4/h3,9H,1-2H2. The molecule has 0 spiro atoms. The highest BCUT2D eigenvalue weighted by Crippen LogP contribution is 2.10. The smallest absolute Gasteiger partial charge is 0.196 e. The van der Waals surface area contributed by atoms with Gasteiger partial charge in [-0.1, -0.05) is 0 Å². The summed E-state index contributed by atoms with van der Waals surface area (Å²) in [6, 6.07) is 0. The SMILES string of the molecule is O=C(CCl)c1csc(CO)n1. The van der Waals surface area contributed by atoms with Crippen molar-refractivity contribution in [3.63, 3.8) is 0 Å². The third kappa shape index (κ3) is 1.99. The first-order valence-corrected chi connectivity index (χ1v) is 4.33. The summed E-state index contributed by atoms with van der Waals surface area (Å²) in [6.07, 6.45) is 0. The molecule has 0 radical (unpaired) electrons. The zero-order valence-electron chi connectivity index (χ0n) is 5.58. The van der Waals surface area contributed by atoms with E-state index in [1.807, 2.05) is 0 Å². The van der Waals surface area contributed by atoms with E-state index in [9.17, 15) is 4.79 Å². The summed E-state index contributed by atoms with van der Waals surface area (Å²) in [5.41, 5.74) is 0.342. The summed E-state index contributed by atoms with van der Waals surface area (Å²) < 4.78 is 0. The maximum Gasteiger partial charge on any atom is 0.196 e. The predicted molar refractivity (Wildman–Crippen MR) is 43.1 cm³/mol. The van der Waals surface area contributed by atoms with Crippen molar-refractivity contribution in [2.45, 2.75) is 6.61 Å². The molecule has 0 aliphatic rings. The number of alkyl halides is 1. The van der Waals surface area contributed by atoms with Crippen LogP contribution in [0.3, 0.4) is 0 Å². The van der Waals surface area contributed by atoms with E-state index >= 15 is 0 Å². The van der Waals surface area contributed by atoms with Crippen LogP contribution < -0.4 is 0 Å². The topological polar surface area (TPSA) is 50.2 Å². The normalized spacial score (nSPS) is 10.0. The minimum Gasteiger partial charge on any atom is -0.389 e. The third-order valence-electron chi connectivity index (χ3n) is 1.09. The molecule has 1 N–H and O–H groups in total. The Bertz CT molecular complexity index is 261. The Kier molecular flexibility index (Phi) is 2.99. The summed E-state index contributed by atoms with van der Waals surface area (Å²) in [4.78, 5) is 14.7. The number of aliphatic hydroxyl groups is 1. The lowest BCUT2D eigenvalue weighted by molar-refractivity contribution is 0.101. The second-order valence-electron chi connectivity index (χ2n) is 1.84. The van der Waals surface area contributed by atoms with Crippen LogP contribution in [0.15, 0.2) is 5.38 Å². The molecule has 0 fully saturated rings. The molecule has 0 amide bonds. The van der Waals surface area contributed by atoms with Gasteiger partial charge in [0.1, 0.15) is 10.7 Å². The van der Waals surface area contributed by atoms with Gasteiger partial charge in [-0.05, 0) is 0 Å². The van der Waals surface area contributed by atoms with E-state index in [0.717, 1.165) is 0 Å². The lowest BCUT2D eigenvalue weighted by Gasteiger charge is -1.86. The fourth-order valence-corrected chi connectivity index (χ4v) is 1.37. The Balaban J connectivity index is 2.80. The maximum absolute atomic E-state index is 10.9. The fraction of sp³-hybridized carbons (Fsp3) is 0.333. The molecule has 60 valence electrons. The molecule has 0 aromatic carbocycles. The number of hydrogen-bond acceptors (Lipinski definition) is 4. The summed E-state index contributed by atoms with van der Waals surface area (Å²) in [6.45, 7) is -0.125. The van der Waals surface area contributed by atoms with Gasteiger partial charge in [-0.15, -0.1) is 22.9 Å². The Morgan fingerprint density at radius 3 is 3.00 bits per heavy atom. The molecule has 0 unspecified atom stereocenters. The predicted octanol–water partition coefficient (Wildman–Crippen LogP) is 1.06. The van der Waals surface area contributed by atoms with Crippen molar-refractivity contribution in [3.05, 3.63) is 16.1 Å². The van der Waals surface area contributed by atoms with Crippen molar-refractivity contribution in [1.29, 1.82) is 0 Å². The largest absolute Gasteiger partial charge is 0.389 e. The number of thiazole rings is 1. The summed E-state index contributed by atoms with van der Waals surface area (Å²) in [5, 5.41) is 10.7. The number of aliphatic hydroxyl groups excluding tert-OH is 1. The van der Waals surface area contributed by atoms with Gasteiger partial charge in [0.2, 0.25) is 0 Å². The Morgan fingerprint density at radius 2 is 2.55 bits per heavy atom. The molecular weight excluding hydrogens is 186 g/mol. The van der Waals surface area contributed by atoms with Gasteiger partial charge in [0, 0.05) is 5.38 Å². The van der Waals surface area contributed by atoms with Gasteiger partial charge in [-0.3, -0.25) is 4.79 Å². The molecule has 0 aliphatic heterocycles. The molecule has 1 aromatic heterocycles. The van der Waals surface area contributed by atoms with Crippen molar-refractivity contribution in [3.8, 4) is 0 Å². The van der Waals surface area contributed by atoms with Gasteiger partial charge in [0.05, 0.1) is 12.5 Å². The monoisotopic (exact) mass is 191 g/mol. The van der Waals surface area contributed by atoms with Crippen LogP contribution in [0.5, 0.6) is 0 Å². The zero-order chi connectivity index (χ0) is 8.27. The van der Waals surface area contributed by atoms with E-state index < -0.39 is 0 Å². The van der Waals surface area contributed by atoms with Crippen LogP contribution >= 0.6 is 22.9 Å². The number of nitrogens with zero attached hydrogens (tertiary/aromatic N) is 1. The minimum absolute atomic E-state index is 0.0609. The highest BCUT2D eigenvalue weighted by atomic mass is 35.5. The first-order valence-electron chi connectivity index (χ1n) is 2.92. The molecule has 1 rings (SSSR count). The van der Waals surface area contributed by atoms with Gasteiger partial charge in [0.15, 0.2) is 5.78 Å². The van der Waals surface area contributed by atoms with Crippen molar-refractivity contribution >= 4 is 28.7 Å². The van der Waals surface area contributed by atoms with Crippen LogP contribution in [0.4, 0.5) is 0 Å². The first kappa shape index (κ1) is 8.64. The van der Waals surface area contributed by atoms with Gasteiger partial charge in [-0.25, -0.2) is 4.98 Å². The van der Waals surface area contributed by atoms with E-state index in [1.165, 1.54) is 11.3 Å². The summed E-state index contributed by atoms with van der Waals surface area (Å²) in [7, 11) is 0. The number of ketones is 1. The Hall–Kier alpha value is -0.450. The maximum atomic E-state index is 10.9. The molecule has 0 saturated heterocycles. The Morgan fingerprint density at radius 1 is 1.82 bits per heavy atom. The molecule has 1 heterocycles. The number of Topliss-reactive ketones (excluding diaryl/α,β-unsaturated/α-hetero) is 1. The van der Waals surface area contributed by atoms with Gasteiger partial charge >= 0.3 is 0 Å². The number of carbonyl (C=O) groups excluding carboxylic acids is 1. The third-order valence-corrected chi connectivity index (χ3v) is 2.17. The fourth-order valence-electron chi connectivity index (χ4n) is 0.580. The van der Waals surface area contributed by atoms with E-state index in [0.29, 0.717) is 10.7 Å². The molecule has 0 bridgehead atoms. The molecule has 5 heteroatoms. The average molecular weight is 192 g/mol. The average Bonchev–Trinajstić information content (AvgIpc) is 2.50. The van der Waals surface area contributed by atoms with Crippen molar-refractivity contribution in [2.24, 2.45) is 0 Å². The molecule has 11 heavy (non-hydrogen) atoms. The number of carbonyl (C=O) groups is 1. The molecular formula is C6H6ClNO2S. The van der Waals surface area contributed by atoms with Gasteiger partial charge < -0.3 is 5.11 Å². The van der Waals surface area contributed by atoms with Crippen LogP contribution in [-0.2, 0) is 6.61 Å². The van der Waals surface area contributed by atoms with Crippen LogP contribution in [0.25, 0.3) is 0 Å². The van der Waals surface area contributed by atoms with Crippen molar-refractivity contribution < 1.29 is 9.90 Å². The highest BCUT2D eigenvalue weighted by molar-refractivity contribution is 7.09. The molecule has 1 aromatic rings. The lowest BCUT2D eigenvalue weighted by atomic mass is 10.3. The molecule has 3 nitrogen and oxygen atoms in total. The second-order valence-corrected chi connectivity index (χ2v) is 3.05. The van der Waals surface area contributed by atoms with Crippen LogP contribution in [0.1, 0.15) is 15.5 Å². The van der Waals surface area contributed by atoms with E-state index in [4.69, 9.17) is 16.7 Å². The Labute approximate surface area is 72.6 Å². The highest BCUT2D eigenvalue weighted by Gasteiger charge is 2.07. The van der Waals surface area contributed by atoms with Gasteiger partial charge in [-0.2, -0.15) is 0 Å². The minimum atomic E-state index is -0.206. The number of halogens is 1. The summed E-state index contributed by atoms with van der Waals surface area (Å²) in [5.74, 6) is -0.267. The number of aromatic nitrogens is 1. The van der Waals surface area contributed by atoms with Crippen LogP contribution in [0, 0.1) is 0 Å². The molecule has 0 saturated carbocycles. The van der Waals surface area contributed by atoms with Crippen molar-refractivity contribution in [2.75, 3.05) is 5.88 Å².